The van der Waals surface area contributed by atoms with Crippen LogP contribution in [0.15, 0.2) is 48.5 Å². The van der Waals surface area contributed by atoms with Gasteiger partial charge in [0, 0.05) is 31.2 Å². The smallest absolute Gasteiger partial charge is 0.251 e. The second-order valence-electron chi connectivity index (χ2n) is 5.29. The zero-order chi connectivity index (χ0) is 16.8. The molecule has 23 heavy (non-hydrogen) atoms. The average molecular weight is 331 g/mol. The molecule has 0 heterocycles. The molecule has 0 fully saturated rings. The molecule has 0 saturated carbocycles. The number of benzene rings is 2. The Bertz CT molecular complexity index is 698. The van der Waals surface area contributed by atoms with E-state index in [-0.39, 0.29) is 18.2 Å². The van der Waals surface area contributed by atoms with Gasteiger partial charge in [0.2, 0.25) is 5.91 Å². The Kier molecular flexibility index (Phi) is 5.77. The van der Waals surface area contributed by atoms with Crippen LogP contribution in [0.2, 0.25) is 5.02 Å². The standard InChI is InChI=1S/C18H19ClN2O2/c1-20-18(23)14-9-7-13(8-10-14)12-21(2)17(22)11-15-5-3-4-6-16(15)19/h3-10H,11-12H2,1-2H3,(H,20,23). The Morgan fingerprint density at radius 3 is 2.35 bits per heavy atom. The van der Waals surface area contributed by atoms with E-state index in [9.17, 15) is 9.59 Å². The van der Waals surface area contributed by atoms with Crippen molar-refractivity contribution >= 4 is 23.4 Å². The van der Waals surface area contributed by atoms with Crippen LogP contribution in [0.25, 0.3) is 0 Å². The highest BCUT2D eigenvalue weighted by molar-refractivity contribution is 6.31. The molecule has 0 bridgehead atoms. The first-order valence-corrected chi connectivity index (χ1v) is 7.67. The third-order valence-corrected chi connectivity index (χ3v) is 3.96. The van der Waals surface area contributed by atoms with Gasteiger partial charge in [0.1, 0.15) is 0 Å². The summed E-state index contributed by atoms with van der Waals surface area (Å²) in [6.45, 7) is 0.483. The van der Waals surface area contributed by atoms with Gasteiger partial charge < -0.3 is 10.2 Å². The molecule has 0 aliphatic rings. The highest BCUT2D eigenvalue weighted by Crippen LogP contribution is 2.16. The predicted molar refractivity (Wildman–Crippen MR) is 91.5 cm³/mol. The van der Waals surface area contributed by atoms with Gasteiger partial charge in [-0.05, 0) is 29.3 Å². The quantitative estimate of drug-likeness (QED) is 0.916. The summed E-state index contributed by atoms with van der Waals surface area (Å²) in [7, 11) is 3.35. The number of nitrogens with one attached hydrogen (secondary N) is 1. The summed E-state index contributed by atoms with van der Waals surface area (Å²) in [5, 5.41) is 3.18. The molecule has 120 valence electrons. The van der Waals surface area contributed by atoms with E-state index in [1.807, 2.05) is 30.3 Å². The molecule has 0 aliphatic carbocycles. The summed E-state index contributed by atoms with van der Waals surface area (Å²) in [4.78, 5) is 25.4. The van der Waals surface area contributed by atoms with Gasteiger partial charge in [-0.3, -0.25) is 9.59 Å². The van der Waals surface area contributed by atoms with Gasteiger partial charge in [-0.2, -0.15) is 0 Å². The Hall–Kier alpha value is -2.33. The van der Waals surface area contributed by atoms with Crippen LogP contribution in [-0.2, 0) is 17.8 Å². The van der Waals surface area contributed by atoms with Crippen molar-refractivity contribution in [3.8, 4) is 0 Å². The molecule has 1 N–H and O–H groups in total. The van der Waals surface area contributed by atoms with E-state index in [4.69, 9.17) is 11.6 Å². The van der Waals surface area contributed by atoms with Crippen LogP contribution in [0.3, 0.4) is 0 Å². The zero-order valence-electron chi connectivity index (χ0n) is 13.2. The fourth-order valence-corrected chi connectivity index (χ4v) is 2.41. The fourth-order valence-electron chi connectivity index (χ4n) is 2.21. The number of nitrogens with zero attached hydrogens (tertiary/aromatic N) is 1. The van der Waals surface area contributed by atoms with Gasteiger partial charge in [0.05, 0.1) is 6.42 Å². The van der Waals surface area contributed by atoms with E-state index >= 15 is 0 Å². The summed E-state index contributed by atoms with van der Waals surface area (Å²) in [6.07, 6.45) is 0.270. The number of hydrogen-bond donors (Lipinski definition) is 1. The number of carbonyl (C=O) groups is 2. The van der Waals surface area contributed by atoms with E-state index in [1.54, 1.807) is 37.2 Å². The first-order chi connectivity index (χ1) is 11.0. The van der Waals surface area contributed by atoms with Crippen molar-refractivity contribution in [1.82, 2.24) is 10.2 Å². The number of halogens is 1. The highest BCUT2D eigenvalue weighted by atomic mass is 35.5. The minimum atomic E-state index is -0.125. The molecule has 2 rings (SSSR count). The van der Waals surface area contributed by atoms with E-state index in [2.05, 4.69) is 5.32 Å². The molecule has 2 amide bonds. The molecule has 2 aromatic rings. The molecule has 5 heteroatoms. The summed E-state index contributed by atoms with van der Waals surface area (Å²) < 4.78 is 0. The van der Waals surface area contributed by atoms with Crippen LogP contribution in [0, 0.1) is 0 Å². The maximum atomic E-state index is 12.3. The van der Waals surface area contributed by atoms with Gasteiger partial charge >= 0.3 is 0 Å². The van der Waals surface area contributed by atoms with Crippen LogP contribution < -0.4 is 5.32 Å². The first-order valence-electron chi connectivity index (χ1n) is 7.29. The van der Waals surface area contributed by atoms with Crippen LogP contribution in [0.5, 0.6) is 0 Å². The lowest BCUT2D eigenvalue weighted by Crippen LogP contribution is -2.27. The number of hydrogen-bond acceptors (Lipinski definition) is 2. The molecular formula is C18H19ClN2O2. The topological polar surface area (TPSA) is 49.4 Å². The molecule has 0 atom stereocenters. The largest absolute Gasteiger partial charge is 0.355 e. The lowest BCUT2D eigenvalue weighted by molar-refractivity contribution is -0.129. The van der Waals surface area contributed by atoms with Crippen LogP contribution >= 0.6 is 11.6 Å². The van der Waals surface area contributed by atoms with Gasteiger partial charge in [-0.15, -0.1) is 0 Å². The molecule has 0 aromatic heterocycles. The van der Waals surface area contributed by atoms with Crippen molar-refractivity contribution in [2.45, 2.75) is 13.0 Å². The van der Waals surface area contributed by atoms with Crippen LogP contribution in [0.4, 0.5) is 0 Å². The first kappa shape index (κ1) is 17.0. The van der Waals surface area contributed by atoms with Crippen molar-refractivity contribution in [3.63, 3.8) is 0 Å². The normalized spacial score (nSPS) is 10.2. The minimum Gasteiger partial charge on any atom is -0.355 e. The third kappa shape index (κ3) is 4.57. The lowest BCUT2D eigenvalue weighted by atomic mass is 10.1. The van der Waals surface area contributed by atoms with Crippen molar-refractivity contribution in [1.29, 1.82) is 0 Å². The maximum Gasteiger partial charge on any atom is 0.251 e. The summed E-state index contributed by atoms with van der Waals surface area (Å²) in [5.74, 6) is -0.131. The Morgan fingerprint density at radius 1 is 1.09 bits per heavy atom. The molecule has 2 aromatic carbocycles. The van der Waals surface area contributed by atoms with E-state index in [0.29, 0.717) is 17.1 Å². The molecule has 0 saturated heterocycles. The summed E-state index contributed by atoms with van der Waals surface area (Å²) in [5.41, 5.74) is 2.38. The molecule has 0 aliphatic heterocycles. The van der Waals surface area contributed by atoms with Gasteiger partial charge in [0.25, 0.3) is 5.91 Å². The Balaban J connectivity index is 1.98. The van der Waals surface area contributed by atoms with Crippen molar-refractivity contribution in [2.75, 3.05) is 14.1 Å². The summed E-state index contributed by atoms with van der Waals surface area (Å²) >= 11 is 6.09. The van der Waals surface area contributed by atoms with E-state index < -0.39 is 0 Å². The predicted octanol–water partition coefficient (Wildman–Crippen LogP) is 2.90. The van der Waals surface area contributed by atoms with E-state index in [1.165, 1.54) is 0 Å². The highest BCUT2D eigenvalue weighted by Gasteiger charge is 2.12. The monoisotopic (exact) mass is 330 g/mol. The Labute approximate surface area is 141 Å². The second kappa shape index (κ2) is 7.79. The maximum absolute atomic E-state index is 12.3. The number of amides is 2. The third-order valence-electron chi connectivity index (χ3n) is 3.59. The number of rotatable bonds is 5. The zero-order valence-corrected chi connectivity index (χ0v) is 13.9. The SMILES string of the molecule is CNC(=O)c1ccc(CN(C)C(=O)Cc2ccccc2Cl)cc1. The van der Waals surface area contributed by atoms with E-state index in [0.717, 1.165) is 11.1 Å². The Morgan fingerprint density at radius 2 is 1.74 bits per heavy atom. The molecule has 0 radical (unpaired) electrons. The molecular weight excluding hydrogens is 312 g/mol. The minimum absolute atomic E-state index is 0.00604. The number of likely N-dealkylation sites (N-methyl/N-ethyl adjacent to an activating group) is 1. The fraction of sp³-hybridized carbons (Fsp3) is 0.222. The van der Waals surface area contributed by atoms with Crippen molar-refractivity contribution in [2.24, 2.45) is 0 Å². The molecule has 0 spiro atoms. The van der Waals surface area contributed by atoms with Crippen LogP contribution in [0.1, 0.15) is 21.5 Å². The molecule has 4 nitrogen and oxygen atoms in total. The van der Waals surface area contributed by atoms with Crippen LogP contribution in [-0.4, -0.2) is 30.8 Å². The molecule has 0 unspecified atom stereocenters. The van der Waals surface area contributed by atoms with Gasteiger partial charge in [0.15, 0.2) is 0 Å². The van der Waals surface area contributed by atoms with Crippen molar-refractivity contribution < 1.29 is 9.59 Å². The second-order valence-corrected chi connectivity index (χ2v) is 5.70. The average Bonchev–Trinajstić information content (AvgIpc) is 2.56. The lowest BCUT2D eigenvalue weighted by Gasteiger charge is -2.18. The number of carbonyl (C=O) groups excluding carboxylic acids is 2. The van der Waals surface area contributed by atoms with Gasteiger partial charge in [-0.1, -0.05) is 41.9 Å². The van der Waals surface area contributed by atoms with Crippen molar-refractivity contribution in [3.05, 3.63) is 70.2 Å². The summed E-state index contributed by atoms with van der Waals surface area (Å²) in [6, 6.07) is 14.5. The van der Waals surface area contributed by atoms with Gasteiger partial charge in [-0.25, -0.2) is 0 Å².